The number of hydrogen-bond donors (Lipinski definition) is 1. The Balaban J connectivity index is 2.09. The first kappa shape index (κ1) is 12.4. The van der Waals surface area contributed by atoms with Crippen molar-refractivity contribution >= 4 is 0 Å². The van der Waals surface area contributed by atoms with Gasteiger partial charge < -0.3 is 9.88 Å². The highest BCUT2D eigenvalue weighted by molar-refractivity contribution is 5.31. The van der Waals surface area contributed by atoms with Crippen LogP contribution in [-0.4, -0.2) is 11.6 Å². The van der Waals surface area contributed by atoms with Gasteiger partial charge in [0.15, 0.2) is 0 Å². The van der Waals surface area contributed by atoms with E-state index in [1.54, 1.807) is 0 Å². The minimum atomic E-state index is 0.368. The molecule has 1 aromatic carbocycles. The van der Waals surface area contributed by atoms with Crippen LogP contribution in [0.2, 0.25) is 0 Å². The number of aromatic nitrogens is 1. The normalized spacial score (nSPS) is 12.1. The van der Waals surface area contributed by atoms with Gasteiger partial charge in [0.25, 0.3) is 0 Å². The predicted molar refractivity (Wildman–Crippen MR) is 72.2 cm³/mol. The van der Waals surface area contributed by atoms with E-state index in [-0.39, 0.29) is 0 Å². The molecule has 0 aliphatic rings. The van der Waals surface area contributed by atoms with Crippen molar-refractivity contribution in [3.63, 3.8) is 0 Å². The largest absolute Gasteiger partial charge is 0.350 e. The molecule has 0 aliphatic heterocycles. The van der Waals surface area contributed by atoms with Gasteiger partial charge in [0.2, 0.25) is 0 Å². The zero-order valence-corrected chi connectivity index (χ0v) is 10.7. The van der Waals surface area contributed by atoms with Gasteiger partial charge in [0, 0.05) is 25.0 Å². The lowest BCUT2D eigenvalue weighted by Gasteiger charge is -2.07. The van der Waals surface area contributed by atoms with Gasteiger partial charge in [-0.05, 0) is 43.3 Å². The molecular formula is C15H17N3. The first-order valence-corrected chi connectivity index (χ1v) is 6.05. The smallest absolute Gasteiger partial charge is 0.0991 e. The molecule has 0 bridgehead atoms. The monoisotopic (exact) mass is 239 g/mol. The molecule has 18 heavy (non-hydrogen) atoms. The van der Waals surface area contributed by atoms with E-state index >= 15 is 0 Å². The zero-order chi connectivity index (χ0) is 13.0. The number of benzene rings is 1. The van der Waals surface area contributed by atoms with Crippen LogP contribution in [0.1, 0.15) is 29.7 Å². The fourth-order valence-electron chi connectivity index (χ4n) is 1.88. The van der Waals surface area contributed by atoms with Gasteiger partial charge in [-0.15, -0.1) is 0 Å². The molecule has 1 atom stereocenters. The third-order valence-corrected chi connectivity index (χ3v) is 3.15. The summed E-state index contributed by atoms with van der Waals surface area (Å²) in [6, 6.07) is 12.3. The lowest BCUT2D eigenvalue weighted by Crippen LogP contribution is -2.11. The van der Waals surface area contributed by atoms with Gasteiger partial charge in [-0.2, -0.15) is 5.26 Å². The highest BCUT2D eigenvalue weighted by Crippen LogP contribution is 2.13. The summed E-state index contributed by atoms with van der Waals surface area (Å²) in [5.41, 5.74) is 3.19. The number of hydrogen-bond acceptors (Lipinski definition) is 2. The Labute approximate surface area is 108 Å². The minimum absolute atomic E-state index is 0.368. The molecule has 0 aliphatic carbocycles. The first-order valence-electron chi connectivity index (χ1n) is 6.05. The van der Waals surface area contributed by atoms with Crippen molar-refractivity contribution in [2.45, 2.75) is 19.5 Å². The van der Waals surface area contributed by atoms with E-state index in [2.05, 4.69) is 41.3 Å². The van der Waals surface area contributed by atoms with Crippen LogP contribution in [0.5, 0.6) is 0 Å². The Morgan fingerprint density at radius 2 is 2.00 bits per heavy atom. The van der Waals surface area contributed by atoms with E-state index in [1.807, 2.05) is 31.3 Å². The van der Waals surface area contributed by atoms with E-state index in [4.69, 9.17) is 5.26 Å². The average molecular weight is 239 g/mol. The van der Waals surface area contributed by atoms with Crippen molar-refractivity contribution in [2.24, 2.45) is 0 Å². The summed E-state index contributed by atoms with van der Waals surface area (Å²) < 4.78 is 2.16. The topological polar surface area (TPSA) is 40.8 Å². The number of nitriles is 1. The summed E-state index contributed by atoms with van der Waals surface area (Å²) in [6.07, 6.45) is 4.24. The molecule has 1 aromatic heterocycles. The van der Waals surface area contributed by atoms with Gasteiger partial charge in [-0.25, -0.2) is 0 Å². The average Bonchev–Trinajstić information content (AvgIpc) is 2.87. The van der Waals surface area contributed by atoms with Gasteiger partial charge in [-0.1, -0.05) is 12.1 Å². The predicted octanol–water partition coefficient (Wildman–Crippen LogP) is 2.69. The van der Waals surface area contributed by atoms with Gasteiger partial charge in [0.1, 0.15) is 0 Å². The summed E-state index contributed by atoms with van der Waals surface area (Å²) in [6.45, 7) is 2.98. The second kappa shape index (κ2) is 5.52. The first-order chi connectivity index (χ1) is 8.72. The highest BCUT2D eigenvalue weighted by Gasteiger charge is 2.04. The lowest BCUT2D eigenvalue weighted by molar-refractivity contribution is 0.649. The molecular weight excluding hydrogens is 222 g/mol. The fraction of sp³-hybridized carbons (Fsp3) is 0.267. The summed E-state index contributed by atoms with van der Waals surface area (Å²) in [7, 11) is 1.96. The van der Waals surface area contributed by atoms with E-state index in [0.717, 1.165) is 6.54 Å². The summed E-state index contributed by atoms with van der Waals surface area (Å²) in [4.78, 5) is 0. The SMILES string of the molecule is CNC(C)c1ccn(Cc2ccc(C#N)cc2)c1. The third kappa shape index (κ3) is 2.79. The molecule has 0 fully saturated rings. The number of nitrogens with zero attached hydrogens (tertiary/aromatic N) is 2. The van der Waals surface area contributed by atoms with Crippen molar-refractivity contribution in [3.05, 3.63) is 59.4 Å². The van der Waals surface area contributed by atoms with Gasteiger partial charge in [-0.3, -0.25) is 0 Å². The van der Waals surface area contributed by atoms with Gasteiger partial charge >= 0.3 is 0 Å². The van der Waals surface area contributed by atoms with Crippen LogP contribution in [0.15, 0.2) is 42.7 Å². The molecule has 1 N–H and O–H groups in total. The van der Waals surface area contributed by atoms with Crippen molar-refractivity contribution in [1.29, 1.82) is 5.26 Å². The molecule has 0 radical (unpaired) electrons. The third-order valence-electron chi connectivity index (χ3n) is 3.15. The molecule has 0 saturated heterocycles. The molecule has 0 saturated carbocycles. The van der Waals surface area contributed by atoms with Gasteiger partial charge in [0.05, 0.1) is 11.6 Å². The standard InChI is InChI=1S/C15H17N3/c1-12(17-2)15-7-8-18(11-15)10-14-5-3-13(9-16)4-6-14/h3-8,11-12,17H,10H2,1-2H3. The molecule has 3 heteroatoms. The van der Waals surface area contributed by atoms with Crippen LogP contribution < -0.4 is 5.32 Å². The zero-order valence-electron chi connectivity index (χ0n) is 10.7. The Morgan fingerprint density at radius 3 is 2.61 bits per heavy atom. The lowest BCUT2D eigenvalue weighted by atomic mass is 10.1. The van der Waals surface area contributed by atoms with E-state index in [9.17, 15) is 0 Å². The van der Waals surface area contributed by atoms with Crippen LogP contribution in [0.4, 0.5) is 0 Å². The quantitative estimate of drug-likeness (QED) is 0.891. The maximum absolute atomic E-state index is 8.75. The highest BCUT2D eigenvalue weighted by atomic mass is 14.9. The molecule has 0 amide bonds. The van der Waals surface area contributed by atoms with Crippen LogP contribution in [0.3, 0.4) is 0 Å². The number of rotatable bonds is 4. The van der Waals surface area contributed by atoms with Crippen LogP contribution in [-0.2, 0) is 6.54 Å². The van der Waals surface area contributed by atoms with Crippen LogP contribution in [0, 0.1) is 11.3 Å². The second-order valence-electron chi connectivity index (χ2n) is 4.44. The van der Waals surface area contributed by atoms with Crippen molar-refractivity contribution in [2.75, 3.05) is 7.05 Å². The summed E-state index contributed by atoms with van der Waals surface area (Å²) >= 11 is 0. The molecule has 2 aromatic rings. The second-order valence-corrected chi connectivity index (χ2v) is 4.44. The molecule has 0 spiro atoms. The molecule has 3 nitrogen and oxygen atoms in total. The minimum Gasteiger partial charge on any atom is -0.350 e. The maximum Gasteiger partial charge on any atom is 0.0991 e. The van der Waals surface area contributed by atoms with Crippen LogP contribution >= 0.6 is 0 Å². The summed E-state index contributed by atoms with van der Waals surface area (Å²) in [5, 5.41) is 12.0. The number of nitrogens with one attached hydrogen (secondary N) is 1. The van der Waals surface area contributed by atoms with E-state index in [1.165, 1.54) is 11.1 Å². The molecule has 1 heterocycles. The molecule has 92 valence electrons. The van der Waals surface area contributed by atoms with E-state index < -0.39 is 0 Å². The Hall–Kier alpha value is -2.05. The summed E-state index contributed by atoms with van der Waals surface area (Å²) in [5.74, 6) is 0. The molecule has 1 unspecified atom stereocenters. The Bertz CT molecular complexity index is 546. The van der Waals surface area contributed by atoms with E-state index in [0.29, 0.717) is 11.6 Å². The molecule has 2 rings (SSSR count). The van der Waals surface area contributed by atoms with Crippen molar-refractivity contribution in [3.8, 4) is 6.07 Å². The fourth-order valence-corrected chi connectivity index (χ4v) is 1.88. The van der Waals surface area contributed by atoms with Crippen molar-refractivity contribution in [1.82, 2.24) is 9.88 Å². The Morgan fingerprint density at radius 1 is 1.28 bits per heavy atom. The van der Waals surface area contributed by atoms with Crippen LogP contribution in [0.25, 0.3) is 0 Å². The Kier molecular flexibility index (Phi) is 3.81. The maximum atomic E-state index is 8.75. The van der Waals surface area contributed by atoms with Crippen molar-refractivity contribution < 1.29 is 0 Å².